The lowest BCUT2D eigenvalue weighted by molar-refractivity contribution is 0.396. The van der Waals surface area contributed by atoms with E-state index < -0.39 is 0 Å². The van der Waals surface area contributed by atoms with E-state index in [1.165, 1.54) is 31.5 Å². The van der Waals surface area contributed by atoms with Crippen LogP contribution in [0.15, 0.2) is 12.4 Å². The predicted octanol–water partition coefficient (Wildman–Crippen LogP) is 2.99. The van der Waals surface area contributed by atoms with Crippen LogP contribution in [0, 0.1) is 11.8 Å². The highest BCUT2D eigenvalue weighted by atomic mass is 15.1. The summed E-state index contributed by atoms with van der Waals surface area (Å²) in [7, 11) is 0. The van der Waals surface area contributed by atoms with E-state index in [0.717, 1.165) is 25.3 Å². The Morgan fingerprint density at radius 1 is 1.44 bits per heavy atom. The van der Waals surface area contributed by atoms with Crippen molar-refractivity contribution >= 4 is 0 Å². The fourth-order valence-electron chi connectivity index (χ4n) is 3.23. The molecule has 0 amide bonds. The van der Waals surface area contributed by atoms with Crippen molar-refractivity contribution in [2.75, 3.05) is 0 Å². The molecule has 0 bridgehead atoms. The van der Waals surface area contributed by atoms with Crippen LogP contribution >= 0.6 is 0 Å². The molecule has 1 aromatic heterocycles. The molecule has 3 unspecified atom stereocenters. The van der Waals surface area contributed by atoms with Gasteiger partial charge in [-0.1, -0.05) is 26.7 Å². The molecule has 18 heavy (non-hydrogen) atoms. The zero-order valence-corrected chi connectivity index (χ0v) is 11.8. The Morgan fingerprint density at radius 2 is 2.28 bits per heavy atom. The van der Waals surface area contributed by atoms with Gasteiger partial charge >= 0.3 is 0 Å². The van der Waals surface area contributed by atoms with Crippen molar-refractivity contribution in [1.29, 1.82) is 0 Å². The lowest BCUT2D eigenvalue weighted by atomic mass is 9.94. The molecule has 0 aliphatic heterocycles. The monoisotopic (exact) mass is 249 g/mol. The number of nitrogens with two attached hydrogens (primary N) is 1. The van der Waals surface area contributed by atoms with E-state index in [9.17, 15) is 0 Å². The number of hydrogen-bond donors (Lipinski definition) is 1. The van der Waals surface area contributed by atoms with Crippen LogP contribution in [-0.2, 0) is 13.0 Å². The van der Waals surface area contributed by atoms with E-state index in [2.05, 4.69) is 29.6 Å². The smallest absolute Gasteiger partial charge is 0.110 e. The summed E-state index contributed by atoms with van der Waals surface area (Å²) in [5.74, 6) is 2.79. The standard InChI is InChI=1S/C15H27N3/c1-3-8-18-9-7-17-15(18)11-14(16)13-6-5-12(4-2)10-13/h7,9,12-14H,3-6,8,10-11,16H2,1-2H3. The number of rotatable bonds is 6. The summed E-state index contributed by atoms with van der Waals surface area (Å²) in [4.78, 5) is 4.47. The first-order valence-electron chi connectivity index (χ1n) is 7.50. The fraction of sp³-hybridized carbons (Fsp3) is 0.800. The van der Waals surface area contributed by atoms with Crippen LogP contribution in [0.1, 0.15) is 51.8 Å². The molecule has 1 fully saturated rings. The van der Waals surface area contributed by atoms with Gasteiger partial charge in [-0.05, 0) is 31.1 Å². The normalized spacial score (nSPS) is 25.5. The lowest BCUT2D eigenvalue weighted by Gasteiger charge is -2.19. The molecule has 1 aliphatic carbocycles. The first kappa shape index (κ1) is 13.6. The van der Waals surface area contributed by atoms with E-state index >= 15 is 0 Å². The average Bonchev–Trinajstić information content (AvgIpc) is 2.99. The van der Waals surface area contributed by atoms with Crippen molar-refractivity contribution in [3.8, 4) is 0 Å². The zero-order valence-electron chi connectivity index (χ0n) is 11.8. The van der Waals surface area contributed by atoms with E-state index in [-0.39, 0.29) is 0 Å². The molecule has 102 valence electrons. The topological polar surface area (TPSA) is 43.8 Å². The molecular formula is C15H27N3. The first-order valence-corrected chi connectivity index (χ1v) is 7.50. The molecule has 1 saturated carbocycles. The van der Waals surface area contributed by atoms with Crippen molar-refractivity contribution in [1.82, 2.24) is 9.55 Å². The predicted molar refractivity (Wildman–Crippen MR) is 75.3 cm³/mol. The Balaban J connectivity index is 1.90. The molecule has 0 aromatic carbocycles. The highest BCUT2D eigenvalue weighted by molar-refractivity contribution is 4.97. The van der Waals surface area contributed by atoms with Crippen molar-refractivity contribution in [3.05, 3.63) is 18.2 Å². The quantitative estimate of drug-likeness (QED) is 0.842. The van der Waals surface area contributed by atoms with Gasteiger partial charge in [0.25, 0.3) is 0 Å². The maximum atomic E-state index is 6.40. The highest BCUT2D eigenvalue weighted by Gasteiger charge is 2.28. The number of hydrogen-bond acceptors (Lipinski definition) is 2. The van der Waals surface area contributed by atoms with Gasteiger partial charge in [-0.3, -0.25) is 0 Å². The molecular weight excluding hydrogens is 222 g/mol. The molecule has 0 radical (unpaired) electrons. The molecule has 0 saturated heterocycles. The maximum absolute atomic E-state index is 6.40. The second kappa shape index (κ2) is 6.37. The third-order valence-electron chi connectivity index (χ3n) is 4.45. The van der Waals surface area contributed by atoms with Gasteiger partial charge in [0.15, 0.2) is 0 Å². The summed E-state index contributed by atoms with van der Waals surface area (Å²) in [5.41, 5.74) is 6.40. The summed E-state index contributed by atoms with van der Waals surface area (Å²) in [6.07, 6.45) is 11.4. The fourth-order valence-corrected chi connectivity index (χ4v) is 3.23. The molecule has 2 rings (SSSR count). The van der Waals surface area contributed by atoms with E-state index in [1.807, 2.05) is 6.20 Å². The van der Waals surface area contributed by atoms with Gasteiger partial charge in [-0.25, -0.2) is 4.98 Å². The summed E-state index contributed by atoms with van der Waals surface area (Å²) < 4.78 is 2.26. The van der Waals surface area contributed by atoms with Crippen LogP contribution < -0.4 is 5.73 Å². The summed E-state index contributed by atoms with van der Waals surface area (Å²) in [6.45, 7) is 5.56. The molecule has 1 aromatic rings. The van der Waals surface area contributed by atoms with Gasteiger partial charge in [0, 0.05) is 31.4 Å². The third-order valence-corrected chi connectivity index (χ3v) is 4.45. The van der Waals surface area contributed by atoms with Crippen molar-refractivity contribution < 1.29 is 0 Å². The summed E-state index contributed by atoms with van der Waals surface area (Å²) in [6, 6.07) is 0.291. The van der Waals surface area contributed by atoms with E-state index in [0.29, 0.717) is 12.0 Å². The Hall–Kier alpha value is -0.830. The van der Waals surface area contributed by atoms with Crippen LogP contribution in [0.3, 0.4) is 0 Å². The first-order chi connectivity index (χ1) is 8.74. The Kier molecular flexibility index (Phi) is 4.81. The number of aryl methyl sites for hydroxylation is 1. The molecule has 1 heterocycles. The van der Waals surface area contributed by atoms with Crippen LogP contribution in [0.5, 0.6) is 0 Å². The minimum absolute atomic E-state index is 0.291. The Morgan fingerprint density at radius 3 is 2.94 bits per heavy atom. The van der Waals surface area contributed by atoms with Crippen LogP contribution in [0.25, 0.3) is 0 Å². The summed E-state index contributed by atoms with van der Waals surface area (Å²) >= 11 is 0. The largest absolute Gasteiger partial charge is 0.335 e. The van der Waals surface area contributed by atoms with Gasteiger partial charge in [0.05, 0.1) is 0 Å². The minimum Gasteiger partial charge on any atom is -0.335 e. The second-order valence-corrected chi connectivity index (χ2v) is 5.75. The maximum Gasteiger partial charge on any atom is 0.110 e. The minimum atomic E-state index is 0.291. The molecule has 3 nitrogen and oxygen atoms in total. The van der Waals surface area contributed by atoms with Crippen LogP contribution in [0.4, 0.5) is 0 Å². The van der Waals surface area contributed by atoms with Crippen LogP contribution in [-0.4, -0.2) is 15.6 Å². The van der Waals surface area contributed by atoms with Gasteiger partial charge < -0.3 is 10.3 Å². The average molecular weight is 249 g/mol. The van der Waals surface area contributed by atoms with Gasteiger partial charge in [-0.2, -0.15) is 0 Å². The van der Waals surface area contributed by atoms with Gasteiger partial charge in [-0.15, -0.1) is 0 Å². The highest BCUT2D eigenvalue weighted by Crippen LogP contribution is 2.34. The molecule has 3 atom stereocenters. The number of nitrogens with zero attached hydrogens (tertiary/aromatic N) is 2. The van der Waals surface area contributed by atoms with Gasteiger partial charge in [0.1, 0.15) is 5.82 Å². The van der Waals surface area contributed by atoms with Gasteiger partial charge in [0.2, 0.25) is 0 Å². The SMILES string of the molecule is CCCn1ccnc1CC(N)C1CCC(CC)C1. The molecule has 3 heteroatoms. The van der Waals surface area contributed by atoms with Crippen LogP contribution in [0.2, 0.25) is 0 Å². The number of imidazole rings is 1. The molecule has 0 spiro atoms. The Bertz CT molecular complexity index is 358. The molecule has 2 N–H and O–H groups in total. The third kappa shape index (κ3) is 3.14. The lowest BCUT2D eigenvalue weighted by Crippen LogP contribution is -2.32. The summed E-state index contributed by atoms with van der Waals surface area (Å²) in [5, 5.41) is 0. The van der Waals surface area contributed by atoms with E-state index in [1.54, 1.807) is 0 Å². The second-order valence-electron chi connectivity index (χ2n) is 5.75. The molecule has 1 aliphatic rings. The number of aromatic nitrogens is 2. The van der Waals surface area contributed by atoms with E-state index in [4.69, 9.17) is 5.73 Å². The Labute approximate surface area is 111 Å². The van der Waals surface area contributed by atoms with Crippen molar-refractivity contribution in [3.63, 3.8) is 0 Å². The van der Waals surface area contributed by atoms with Crippen molar-refractivity contribution in [2.45, 2.75) is 65.0 Å². The van der Waals surface area contributed by atoms with Crippen molar-refractivity contribution in [2.24, 2.45) is 17.6 Å². The zero-order chi connectivity index (χ0) is 13.0.